The minimum atomic E-state index is 0.384. The standard InChI is InChI=1S/C25H33N7O.C4H9NO/c1-3-7-18(2)31-13-10-22-23(31)24(27-19-8-5-4-6-9-19)30-25(29-22)28-20-16-26-32(17-20)21-11-14-33-15-12-21;1-3-6-4-2-5-1/h3,7,10,13,16-17,19,21H,1,4-6,8-9,11-12,14-15H2,2H3,(H2,27,28,29,30);5H,1-4H2/b18-7+;. The molecule has 3 aromatic heterocycles. The zero-order valence-corrected chi connectivity index (χ0v) is 23.1. The largest absolute Gasteiger partial charge is 0.381 e. The van der Waals surface area contributed by atoms with Gasteiger partial charge >= 0.3 is 0 Å². The lowest BCUT2D eigenvalue weighted by molar-refractivity contribution is 0.0662. The molecule has 3 aromatic rings. The predicted octanol–water partition coefficient (Wildman–Crippen LogP) is 5.12. The van der Waals surface area contributed by atoms with Crippen molar-refractivity contribution in [2.75, 3.05) is 50.2 Å². The van der Waals surface area contributed by atoms with Crippen LogP contribution in [0.25, 0.3) is 16.7 Å². The Hall–Kier alpha value is -3.21. The van der Waals surface area contributed by atoms with E-state index < -0.39 is 0 Å². The Morgan fingerprint density at radius 3 is 2.51 bits per heavy atom. The van der Waals surface area contributed by atoms with Crippen LogP contribution in [0.15, 0.2) is 43.4 Å². The van der Waals surface area contributed by atoms with Gasteiger partial charge in [0.05, 0.1) is 36.7 Å². The molecule has 5 heterocycles. The van der Waals surface area contributed by atoms with Crippen LogP contribution in [0, 0.1) is 0 Å². The molecule has 10 nitrogen and oxygen atoms in total. The predicted molar refractivity (Wildman–Crippen MR) is 156 cm³/mol. The molecule has 0 bridgehead atoms. The van der Waals surface area contributed by atoms with Gasteiger partial charge in [-0.1, -0.05) is 31.9 Å². The second-order valence-corrected chi connectivity index (χ2v) is 10.4. The van der Waals surface area contributed by atoms with Crippen LogP contribution in [0.5, 0.6) is 0 Å². The van der Waals surface area contributed by atoms with E-state index in [1.807, 2.05) is 41.5 Å². The summed E-state index contributed by atoms with van der Waals surface area (Å²) in [5.41, 5.74) is 3.87. The van der Waals surface area contributed by atoms with Crippen molar-refractivity contribution in [2.45, 2.75) is 64.0 Å². The van der Waals surface area contributed by atoms with E-state index in [4.69, 9.17) is 19.4 Å². The van der Waals surface area contributed by atoms with Crippen LogP contribution in [-0.4, -0.2) is 69.9 Å². The zero-order chi connectivity index (χ0) is 26.9. The first-order valence-corrected chi connectivity index (χ1v) is 14.3. The smallest absolute Gasteiger partial charge is 0.229 e. The number of ether oxygens (including phenoxy) is 2. The quantitative estimate of drug-likeness (QED) is 0.359. The molecule has 2 aliphatic heterocycles. The second-order valence-electron chi connectivity index (χ2n) is 10.4. The van der Waals surface area contributed by atoms with E-state index in [9.17, 15) is 0 Å². The number of fused-ring (bicyclic) bond motifs is 1. The lowest BCUT2D eigenvalue weighted by Crippen LogP contribution is -2.30. The van der Waals surface area contributed by atoms with Crippen molar-refractivity contribution in [2.24, 2.45) is 0 Å². The lowest BCUT2D eigenvalue weighted by atomic mass is 9.95. The molecule has 0 atom stereocenters. The Kier molecular flexibility index (Phi) is 9.63. The van der Waals surface area contributed by atoms with Crippen LogP contribution in [0.4, 0.5) is 17.5 Å². The van der Waals surface area contributed by atoms with E-state index in [1.165, 1.54) is 32.1 Å². The van der Waals surface area contributed by atoms with Crippen LogP contribution >= 0.6 is 0 Å². The van der Waals surface area contributed by atoms with Gasteiger partial charge < -0.3 is 30.0 Å². The Bertz CT molecular complexity index is 1220. The molecule has 1 aliphatic carbocycles. The van der Waals surface area contributed by atoms with Gasteiger partial charge in [0, 0.05) is 50.4 Å². The summed E-state index contributed by atoms with van der Waals surface area (Å²) in [7, 11) is 0. The molecule has 0 aromatic carbocycles. The van der Waals surface area contributed by atoms with Gasteiger partial charge in [0.25, 0.3) is 0 Å². The van der Waals surface area contributed by atoms with Crippen molar-refractivity contribution in [1.29, 1.82) is 0 Å². The van der Waals surface area contributed by atoms with Gasteiger partial charge in [0.1, 0.15) is 5.52 Å². The third kappa shape index (κ3) is 7.26. The summed E-state index contributed by atoms with van der Waals surface area (Å²) in [4.78, 5) is 9.74. The van der Waals surface area contributed by atoms with Gasteiger partial charge in [-0.2, -0.15) is 10.1 Å². The summed E-state index contributed by atoms with van der Waals surface area (Å²) >= 11 is 0. The van der Waals surface area contributed by atoms with Crippen LogP contribution in [0.3, 0.4) is 0 Å². The van der Waals surface area contributed by atoms with Gasteiger partial charge in [-0.15, -0.1) is 0 Å². The van der Waals surface area contributed by atoms with Crippen molar-refractivity contribution in [1.82, 2.24) is 29.6 Å². The topological polar surface area (TPSA) is 103 Å². The van der Waals surface area contributed by atoms with Gasteiger partial charge in [-0.05, 0) is 44.7 Å². The summed E-state index contributed by atoms with van der Waals surface area (Å²) in [6.07, 6.45) is 17.9. The molecule has 3 fully saturated rings. The Balaban J connectivity index is 0.000000455. The molecule has 2 saturated heterocycles. The fourth-order valence-corrected chi connectivity index (χ4v) is 5.38. The van der Waals surface area contributed by atoms with E-state index in [-0.39, 0.29) is 0 Å². The monoisotopic (exact) mass is 534 g/mol. The Morgan fingerprint density at radius 2 is 1.82 bits per heavy atom. The highest BCUT2D eigenvalue weighted by Crippen LogP contribution is 2.30. The summed E-state index contributed by atoms with van der Waals surface area (Å²) in [5, 5.41) is 14.8. The van der Waals surface area contributed by atoms with Crippen LogP contribution in [0.1, 0.15) is 57.9 Å². The van der Waals surface area contributed by atoms with E-state index >= 15 is 0 Å². The third-order valence-electron chi connectivity index (χ3n) is 7.49. The molecule has 210 valence electrons. The molecule has 1 saturated carbocycles. The molecular formula is C29H42N8O2. The lowest BCUT2D eigenvalue weighted by Gasteiger charge is -2.24. The molecule has 3 N–H and O–H groups in total. The van der Waals surface area contributed by atoms with E-state index in [2.05, 4.69) is 39.1 Å². The second kappa shape index (κ2) is 13.7. The number of hydrogen-bond acceptors (Lipinski definition) is 8. The fourth-order valence-electron chi connectivity index (χ4n) is 5.38. The molecule has 6 rings (SSSR count). The van der Waals surface area contributed by atoms with Crippen molar-refractivity contribution >= 4 is 34.2 Å². The highest BCUT2D eigenvalue weighted by molar-refractivity contribution is 5.90. The molecule has 0 spiro atoms. The average Bonchev–Trinajstić information content (AvgIpc) is 3.63. The first-order chi connectivity index (χ1) is 19.2. The highest BCUT2D eigenvalue weighted by atomic mass is 16.5. The maximum Gasteiger partial charge on any atom is 0.229 e. The van der Waals surface area contributed by atoms with Crippen molar-refractivity contribution in [3.8, 4) is 0 Å². The summed E-state index contributed by atoms with van der Waals surface area (Å²) in [5.74, 6) is 1.45. The maximum absolute atomic E-state index is 5.48. The average molecular weight is 535 g/mol. The van der Waals surface area contributed by atoms with Gasteiger partial charge in [-0.3, -0.25) is 4.68 Å². The molecular weight excluding hydrogens is 492 g/mol. The number of hydrogen-bond donors (Lipinski definition) is 3. The summed E-state index contributed by atoms with van der Waals surface area (Å²) in [6.45, 7) is 11.3. The highest BCUT2D eigenvalue weighted by Gasteiger charge is 2.20. The summed E-state index contributed by atoms with van der Waals surface area (Å²) in [6, 6.07) is 2.86. The number of rotatable bonds is 7. The number of morpholine rings is 1. The molecule has 0 unspecified atom stereocenters. The molecule has 0 radical (unpaired) electrons. The first kappa shape index (κ1) is 27.4. The fraction of sp³-hybridized carbons (Fsp3) is 0.552. The van der Waals surface area contributed by atoms with Crippen molar-refractivity contribution < 1.29 is 9.47 Å². The maximum atomic E-state index is 5.48. The van der Waals surface area contributed by atoms with Gasteiger partial charge in [0.15, 0.2) is 5.82 Å². The van der Waals surface area contributed by atoms with E-state index in [0.717, 1.165) is 80.6 Å². The Labute approximate surface area is 230 Å². The number of anilines is 3. The molecule has 10 heteroatoms. The Morgan fingerprint density at radius 1 is 1.05 bits per heavy atom. The van der Waals surface area contributed by atoms with Gasteiger partial charge in [-0.25, -0.2) is 4.98 Å². The SMILES string of the molecule is C1COCCN1.C=C/C=C(\C)n1ccc2nc(Nc3cnn(C4CCOCC4)c3)nc(NC3CCCCC3)c21. The minimum absolute atomic E-state index is 0.384. The van der Waals surface area contributed by atoms with Crippen LogP contribution in [0.2, 0.25) is 0 Å². The normalized spacial score (nSPS) is 19.4. The van der Waals surface area contributed by atoms with Crippen LogP contribution in [-0.2, 0) is 9.47 Å². The van der Waals surface area contributed by atoms with Crippen LogP contribution < -0.4 is 16.0 Å². The van der Waals surface area contributed by atoms with Crippen molar-refractivity contribution in [3.63, 3.8) is 0 Å². The number of nitrogens with one attached hydrogen (secondary N) is 3. The minimum Gasteiger partial charge on any atom is -0.381 e. The summed E-state index contributed by atoms with van der Waals surface area (Å²) < 4.78 is 14.7. The molecule has 39 heavy (non-hydrogen) atoms. The van der Waals surface area contributed by atoms with Gasteiger partial charge in [0.2, 0.25) is 5.95 Å². The van der Waals surface area contributed by atoms with E-state index in [1.54, 1.807) is 0 Å². The third-order valence-corrected chi connectivity index (χ3v) is 7.49. The number of allylic oxidation sites excluding steroid dienone is 3. The zero-order valence-electron chi connectivity index (χ0n) is 23.1. The molecule has 0 amide bonds. The molecule has 3 aliphatic rings. The number of aromatic nitrogens is 5. The van der Waals surface area contributed by atoms with Crippen molar-refractivity contribution in [3.05, 3.63) is 43.4 Å². The number of nitrogens with zero attached hydrogens (tertiary/aromatic N) is 5. The first-order valence-electron chi connectivity index (χ1n) is 14.3. The van der Waals surface area contributed by atoms with E-state index in [0.29, 0.717) is 18.0 Å².